The van der Waals surface area contributed by atoms with E-state index in [0.29, 0.717) is 17.5 Å². The van der Waals surface area contributed by atoms with E-state index in [1.54, 1.807) is 7.11 Å². The largest absolute Gasteiger partial charge is 0.490 e. The van der Waals surface area contributed by atoms with Gasteiger partial charge in [-0.15, -0.1) is 0 Å². The summed E-state index contributed by atoms with van der Waals surface area (Å²) in [6, 6.07) is 2.91. The number of hydrogen-bond donors (Lipinski definition) is 1. The molecule has 7 nitrogen and oxygen atoms in total. The van der Waals surface area contributed by atoms with Gasteiger partial charge < -0.3 is 19.2 Å². The minimum atomic E-state index is -5.08. The number of carboxylic acids is 1. The maximum Gasteiger partial charge on any atom is 0.490 e. The number of rotatable bonds is 4. The summed E-state index contributed by atoms with van der Waals surface area (Å²) in [6.45, 7) is 11.9. The molecule has 0 saturated carbocycles. The molecule has 2 saturated heterocycles. The Balaban J connectivity index is 0.000000451. The van der Waals surface area contributed by atoms with Gasteiger partial charge in [0.05, 0.1) is 12.2 Å². The Kier molecular flexibility index (Phi) is 8.38. The number of carbonyl (C=O) groups excluding carboxylic acids is 1. The van der Waals surface area contributed by atoms with Crippen molar-refractivity contribution in [2.45, 2.75) is 65.2 Å². The van der Waals surface area contributed by atoms with Crippen molar-refractivity contribution in [3.8, 4) is 0 Å². The minimum Gasteiger partial charge on any atom is -0.475 e. The van der Waals surface area contributed by atoms with Crippen molar-refractivity contribution in [3.05, 3.63) is 23.2 Å². The van der Waals surface area contributed by atoms with E-state index in [9.17, 15) is 18.0 Å². The third-order valence-corrected chi connectivity index (χ3v) is 6.30. The Labute approximate surface area is 186 Å². The fourth-order valence-corrected chi connectivity index (χ4v) is 4.71. The number of halogens is 3. The van der Waals surface area contributed by atoms with Gasteiger partial charge in [-0.25, -0.2) is 4.79 Å². The van der Waals surface area contributed by atoms with Crippen LogP contribution in [-0.2, 0) is 9.53 Å². The van der Waals surface area contributed by atoms with Gasteiger partial charge in [-0.2, -0.15) is 13.2 Å². The van der Waals surface area contributed by atoms with Crippen LogP contribution in [0.3, 0.4) is 0 Å². The summed E-state index contributed by atoms with van der Waals surface area (Å²) in [7, 11) is 1.79. The molecule has 0 bridgehead atoms. The van der Waals surface area contributed by atoms with Gasteiger partial charge in [-0.1, -0.05) is 0 Å². The highest BCUT2D eigenvalue weighted by Gasteiger charge is 2.46. The number of carbonyl (C=O) groups is 2. The second-order valence-electron chi connectivity index (χ2n) is 9.00. The summed E-state index contributed by atoms with van der Waals surface area (Å²) in [5.41, 5.74) is 1.06. The number of nitrogens with zero attached hydrogens (tertiary/aromatic N) is 2. The molecular weight excluding hydrogens is 429 g/mol. The Morgan fingerprint density at radius 2 is 1.84 bits per heavy atom. The van der Waals surface area contributed by atoms with Crippen molar-refractivity contribution in [1.82, 2.24) is 9.80 Å². The highest BCUT2D eigenvalue weighted by molar-refractivity contribution is 5.95. The molecule has 0 aliphatic carbocycles. The predicted octanol–water partition coefficient (Wildman–Crippen LogP) is 3.88. The van der Waals surface area contributed by atoms with Crippen LogP contribution in [0.4, 0.5) is 13.2 Å². The molecule has 2 aliphatic heterocycles. The monoisotopic (exact) mass is 462 g/mol. The lowest BCUT2D eigenvalue weighted by Gasteiger charge is -2.39. The zero-order chi connectivity index (χ0) is 24.3. The number of aryl methyl sites for hydroxylation is 2. The summed E-state index contributed by atoms with van der Waals surface area (Å²) in [4.78, 5) is 26.3. The number of aliphatic carboxylic acids is 1. The van der Waals surface area contributed by atoms with Crippen LogP contribution in [0.5, 0.6) is 0 Å². The lowest BCUT2D eigenvalue weighted by Crippen LogP contribution is -2.44. The molecule has 32 heavy (non-hydrogen) atoms. The predicted molar refractivity (Wildman–Crippen MR) is 112 cm³/mol. The average Bonchev–Trinajstić information content (AvgIpc) is 3.21. The molecule has 1 spiro atoms. The summed E-state index contributed by atoms with van der Waals surface area (Å²) in [5, 5.41) is 7.12. The van der Waals surface area contributed by atoms with E-state index in [0.717, 1.165) is 56.2 Å². The number of likely N-dealkylation sites (tertiary alicyclic amines) is 2. The van der Waals surface area contributed by atoms with Crippen LogP contribution in [0.25, 0.3) is 0 Å². The van der Waals surface area contributed by atoms with Crippen molar-refractivity contribution < 1.29 is 37.0 Å². The van der Waals surface area contributed by atoms with Crippen molar-refractivity contribution in [2.24, 2.45) is 5.41 Å². The first kappa shape index (κ1) is 26.2. The van der Waals surface area contributed by atoms with Gasteiger partial charge >= 0.3 is 12.1 Å². The second kappa shape index (κ2) is 10.2. The van der Waals surface area contributed by atoms with E-state index in [2.05, 4.69) is 18.7 Å². The summed E-state index contributed by atoms with van der Waals surface area (Å²) in [5.74, 6) is -1.10. The van der Waals surface area contributed by atoms with Crippen LogP contribution in [0, 0.1) is 19.3 Å². The molecule has 2 aliphatic rings. The fraction of sp³-hybridized carbons (Fsp3) is 0.727. The molecule has 182 valence electrons. The lowest BCUT2D eigenvalue weighted by atomic mass is 9.76. The molecule has 3 heterocycles. The number of methoxy groups -OCH3 is 1. The van der Waals surface area contributed by atoms with E-state index in [-0.39, 0.29) is 5.91 Å². The van der Waals surface area contributed by atoms with Crippen molar-refractivity contribution in [3.63, 3.8) is 0 Å². The highest BCUT2D eigenvalue weighted by atomic mass is 19.4. The number of alkyl halides is 3. The molecule has 1 unspecified atom stereocenters. The number of amides is 1. The topological polar surface area (TPSA) is 83.2 Å². The van der Waals surface area contributed by atoms with Gasteiger partial charge in [0.25, 0.3) is 5.91 Å². The van der Waals surface area contributed by atoms with Crippen LogP contribution >= 0.6 is 0 Å². The van der Waals surface area contributed by atoms with E-state index in [4.69, 9.17) is 19.1 Å². The molecule has 1 aromatic heterocycles. The van der Waals surface area contributed by atoms with Crippen molar-refractivity contribution in [1.29, 1.82) is 0 Å². The number of ether oxygens (including phenoxy) is 1. The van der Waals surface area contributed by atoms with E-state index < -0.39 is 12.1 Å². The zero-order valence-electron chi connectivity index (χ0n) is 19.3. The van der Waals surface area contributed by atoms with Crippen molar-refractivity contribution >= 4 is 11.9 Å². The quantitative estimate of drug-likeness (QED) is 0.731. The maximum absolute atomic E-state index is 12.8. The average molecular weight is 463 g/mol. The number of furan rings is 1. The molecule has 3 rings (SSSR count). The molecule has 1 aromatic rings. The Hall–Kier alpha value is -2.07. The smallest absolute Gasteiger partial charge is 0.475 e. The molecule has 0 radical (unpaired) electrons. The molecule has 1 amide bonds. The van der Waals surface area contributed by atoms with Crippen LogP contribution in [0.1, 0.15) is 55.0 Å². The normalized spacial score (nSPS) is 21.0. The SMILES string of the molecule is COCC1CC2(CCN(C(=O)c3cc(C)oc3C)CC2)CN1C(C)C.O=C(O)C(F)(F)F. The molecule has 1 atom stereocenters. The van der Waals surface area contributed by atoms with Gasteiger partial charge in [-0.05, 0) is 58.4 Å². The molecular formula is C22H33F3N2O5. The van der Waals surface area contributed by atoms with Crippen LogP contribution in [0.2, 0.25) is 0 Å². The number of hydrogen-bond acceptors (Lipinski definition) is 5. The van der Waals surface area contributed by atoms with E-state index in [1.807, 2.05) is 24.8 Å². The summed E-state index contributed by atoms with van der Waals surface area (Å²) >= 11 is 0. The Morgan fingerprint density at radius 1 is 1.28 bits per heavy atom. The zero-order valence-corrected chi connectivity index (χ0v) is 19.3. The lowest BCUT2D eigenvalue weighted by molar-refractivity contribution is -0.192. The van der Waals surface area contributed by atoms with Crippen LogP contribution < -0.4 is 0 Å². The van der Waals surface area contributed by atoms with E-state index >= 15 is 0 Å². The van der Waals surface area contributed by atoms with Gasteiger partial charge in [0, 0.05) is 38.8 Å². The molecule has 1 N–H and O–H groups in total. The first-order chi connectivity index (χ1) is 14.8. The van der Waals surface area contributed by atoms with Gasteiger partial charge in [0.15, 0.2) is 0 Å². The Morgan fingerprint density at radius 3 is 2.25 bits per heavy atom. The van der Waals surface area contributed by atoms with Gasteiger partial charge in [0.1, 0.15) is 11.5 Å². The number of carboxylic acid groups (broad SMARTS) is 1. The third kappa shape index (κ3) is 6.25. The van der Waals surface area contributed by atoms with Gasteiger partial charge in [0.2, 0.25) is 0 Å². The van der Waals surface area contributed by atoms with Crippen LogP contribution in [0.15, 0.2) is 10.5 Å². The van der Waals surface area contributed by atoms with Crippen LogP contribution in [-0.4, -0.2) is 78.4 Å². The highest BCUT2D eigenvalue weighted by Crippen LogP contribution is 2.44. The maximum atomic E-state index is 12.8. The van der Waals surface area contributed by atoms with Gasteiger partial charge in [-0.3, -0.25) is 9.69 Å². The molecule has 0 aromatic carbocycles. The minimum absolute atomic E-state index is 0.122. The Bertz CT molecular complexity index is 798. The second-order valence-corrected chi connectivity index (χ2v) is 9.00. The molecule has 10 heteroatoms. The number of piperidine rings is 1. The first-order valence-corrected chi connectivity index (χ1v) is 10.7. The first-order valence-electron chi connectivity index (χ1n) is 10.7. The molecule has 2 fully saturated rings. The summed E-state index contributed by atoms with van der Waals surface area (Å²) < 4.78 is 42.7. The third-order valence-electron chi connectivity index (χ3n) is 6.30. The fourth-order valence-electron chi connectivity index (χ4n) is 4.71. The standard InChI is InChI=1S/C20H32N2O3.C2HF3O2/c1-14(2)22-13-20(11-17(22)12-24-5)6-8-21(9-7-20)19(23)18-10-15(3)25-16(18)4;3-2(4,5)1(6)7/h10,14,17H,6-9,11-13H2,1-5H3;(H,6,7). The van der Waals surface area contributed by atoms with Crippen molar-refractivity contribution in [2.75, 3.05) is 33.4 Å². The summed E-state index contributed by atoms with van der Waals surface area (Å²) in [6.07, 6.45) is -1.74. The van der Waals surface area contributed by atoms with E-state index in [1.165, 1.54) is 6.42 Å².